The predicted octanol–water partition coefficient (Wildman–Crippen LogP) is 0.522. The number of amides is 1. The van der Waals surface area contributed by atoms with Crippen molar-refractivity contribution in [1.29, 1.82) is 0 Å². The van der Waals surface area contributed by atoms with E-state index in [2.05, 4.69) is 5.16 Å². The summed E-state index contributed by atoms with van der Waals surface area (Å²) in [6, 6.07) is 4.83. The van der Waals surface area contributed by atoms with Gasteiger partial charge in [0.25, 0.3) is 5.91 Å². The number of nitrogens with zero attached hydrogens (tertiary/aromatic N) is 2. The van der Waals surface area contributed by atoms with E-state index in [1.165, 1.54) is 19.1 Å². The Morgan fingerprint density at radius 1 is 1.37 bits per heavy atom. The van der Waals surface area contributed by atoms with E-state index in [4.69, 9.17) is 20.4 Å². The molecule has 0 fully saturated rings. The van der Waals surface area contributed by atoms with Crippen molar-refractivity contribution in [3.05, 3.63) is 23.8 Å². The standard InChI is InChI=1S/C12H17N3O4/c1-15(7-11(13)14-17)12(16)8-4-5-9(18-2)10(6-8)19-3/h4-6,17H,7H2,1-3H3,(H2,13,14). The topological polar surface area (TPSA) is 97.4 Å². The Hall–Kier alpha value is -2.44. The molecule has 3 N–H and O–H groups in total. The average molecular weight is 267 g/mol. The highest BCUT2D eigenvalue weighted by molar-refractivity contribution is 5.97. The molecular formula is C12H17N3O4. The van der Waals surface area contributed by atoms with Gasteiger partial charge in [-0.05, 0) is 18.2 Å². The second-order valence-corrected chi connectivity index (χ2v) is 3.82. The van der Waals surface area contributed by atoms with Crippen molar-refractivity contribution in [1.82, 2.24) is 4.90 Å². The van der Waals surface area contributed by atoms with Crippen molar-refractivity contribution in [2.45, 2.75) is 0 Å². The van der Waals surface area contributed by atoms with Gasteiger partial charge in [-0.15, -0.1) is 0 Å². The summed E-state index contributed by atoms with van der Waals surface area (Å²) in [5, 5.41) is 11.3. The van der Waals surface area contributed by atoms with Crippen LogP contribution < -0.4 is 15.2 Å². The fourth-order valence-corrected chi connectivity index (χ4v) is 1.54. The van der Waals surface area contributed by atoms with E-state index in [0.29, 0.717) is 17.1 Å². The summed E-state index contributed by atoms with van der Waals surface area (Å²) in [7, 11) is 4.56. The van der Waals surface area contributed by atoms with Crippen LogP contribution >= 0.6 is 0 Å². The second kappa shape index (κ2) is 6.48. The van der Waals surface area contributed by atoms with Gasteiger partial charge in [-0.3, -0.25) is 4.79 Å². The van der Waals surface area contributed by atoms with Crippen LogP contribution in [0.2, 0.25) is 0 Å². The largest absolute Gasteiger partial charge is 0.493 e. The molecule has 0 radical (unpaired) electrons. The van der Waals surface area contributed by atoms with Gasteiger partial charge in [0.05, 0.1) is 20.8 Å². The first kappa shape index (κ1) is 14.6. The summed E-state index contributed by atoms with van der Waals surface area (Å²) in [6.45, 7) is 0.0314. The molecule has 0 aliphatic rings. The van der Waals surface area contributed by atoms with Crippen LogP contribution in [0.15, 0.2) is 23.4 Å². The number of hydrogen-bond acceptors (Lipinski definition) is 5. The lowest BCUT2D eigenvalue weighted by Gasteiger charge is -2.17. The Labute approximate surface area is 111 Å². The van der Waals surface area contributed by atoms with Gasteiger partial charge in [-0.25, -0.2) is 0 Å². The van der Waals surface area contributed by atoms with Gasteiger partial charge < -0.3 is 25.3 Å². The van der Waals surface area contributed by atoms with Crippen molar-refractivity contribution in [3.63, 3.8) is 0 Å². The minimum absolute atomic E-state index is 0.0314. The second-order valence-electron chi connectivity index (χ2n) is 3.82. The molecule has 1 aromatic carbocycles. The fourth-order valence-electron chi connectivity index (χ4n) is 1.54. The van der Waals surface area contributed by atoms with Crippen LogP contribution in [0.4, 0.5) is 0 Å². The van der Waals surface area contributed by atoms with Crippen LogP contribution in [0.1, 0.15) is 10.4 Å². The normalized spacial score (nSPS) is 11.0. The smallest absolute Gasteiger partial charge is 0.254 e. The lowest BCUT2D eigenvalue weighted by molar-refractivity contribution is 0.0813. The van der Waals surface area contributed by atoms with Crippen LogP contribution in [-0.2, 0) is 0 Å². The average Bonchev–Trinajstić information content (AvgIpc) is 2.45. The molecule has 0 saturated carbocycles. The van der Waals surface area contributed by atoms with E-state index in [9.17, 15) is 4.79 Å². The molecule has 1 aromatic rings. The van der Waals surface area contributed by atoms with Crippen molar-refractivity contribution in [3.8, 4) is 11.5 Å². The van der Waals surface area contributed by atoms with E-state index in [1.807, 2.05) is 0 Å². The Morgan fingerprint density at radius 3 is 2.53 bits per heavy atom. The molecule has 0 heterocycles. The van der Waals surface area contributed by atoms with Crippen molar-refractivity contribution in [2.24, 2.45) is 10.9 Å². The summed E-state index contributed by atoms with van der Waals surface area (Å²) in [5.41, 5.74) is 5.78. The molecule has 0 bridgehead atoms. The molecule has 1 rings (SSSR count). The first-order valence-corrected chi connectivity index (χ1v) is 5.47. The Morgan fingerprint density at radius 2 is 2.00 bits per heavy atom. The van der Waals surface area contributed by atoms with Gasteiger partial charge >= 0.3 is 0 Å². The summed E-state index contributed by atoms with van der Waals surface area (Å²) in [6.07, 6.45) is 0. The number of carbonyl (C=O) groups is 1. The molecule has 0 spiro atoms. The third-order valence-corrected chi connectivity index (χ3v) is 2.50. The first-order valence-electron chi connectivity index (χ1n) is 5.47. The predicted molar refractivity (Wildman–Crippen MR) is 69.9 cm³/mol. The number of nitrogens with two attached hydrogens (primary N) is 1. The van der Waals surface area contributed by atoms with Gasteiger partial charge in [-0.1, -0.05) is 5.16 Å². The highest BCUT2D eigenvalue weighted by atomic mass is 16.5. The van der Waals surface area contributed by atoms with E-state index in [0.717, 1.165) is 0 Å². The van der Waals surface area contributed by atoms with Crippen molar-refractivity contribution in [2.75, 3.05) is 27.8 Å². The number of carbonyl (C=O) groups excluding carboxylic acids is 1. The summed E-state index contributed by atoms with van der Waals surface area (Å²) >= 11 is 0. The van der Waals surface area contributed by atoms with E-state index < -0.39 is 0 Å². The summed E-state index contributed by atoms with van der Waals surface area (Å²) in [4.78, 5) is 13.4. The van der Waals surface area contributed by atoms with Crippen molar-refractivity contribution < 1.29 is 19.5 Å². The molecular weight excluding hydrogens is 250 g/mol. The lowest BCUT2D eigenvalue weighted by Crippen LogP contribution is -2.35. The van der Waals surface area contributed by atoms with Gasteiger partial charge in [0, 0.05) is 12.6 Å². The van der Waals surface area contributed by atoms with Gasteiger partial charge in [0.2, 0.25) is 0 Å². The van der Waals surface area contributed by atoms with Crippen LogP contribution in [0.3, 0.4) is 0 Å². The number of hydrogen-bond donors (Lipinski definition) is 2. The molecule has 104 valence electrons. The minimum atomic E-state index is -0.271. The number of oxime groups is 1. The van der Waals surface area contributed by atoms with Gasteiger partial charge in [0.15, 0.2) is 17.3 Å². The Bertz CT molecular complexity index is 488. The molecule has 19 heavy (non-hydrogen) atoms. The monoisotopic (exact) mass is 267 g/mol. The molecule has 1 amide bonds. The molecule has 0 aliphatic carbocycles. The van der Waals surface area contributed by atoms with Crippen LogP contribution in [0, 0.1) is 0 Å². The SMILES string of the molecule is COc1ccc(C(=O)N(C)CC(N)=NO)cc1OC. The number of ether oxygens (including phenoxy) is 2. The molecule has 7 heteroatoms. The zero-order valence-electron chi connectivity index (χ0n) is 11.1. The molecule has 0 aliphatic heterocycles. The summed E-state index contributed by atoms with van der Waals surface area (Å²) in [5.74, 6) is 0.688. The number of rotatable bonds is 5. The lowest BCUT2D eigenvalue weighted by atomic mass is 10.1. The highest BCUT2D eigenvalue weighted by Crippen LogP contribution is 2.27. The number of amidine groups is 1. The van der Waals surface area contributed by atoms with Crippen LogP contribution in [0.25, 0.3) is 0 Å². The van der Waals surface area contributed by atoms with Gasteiger partial charge in [0.1, 0.15) is 0 Å². The number of methoxy groups -OCH3 is 2. The molecule has 0 unspecified atom stereocenters. The van der Waals surface area contributed by atoms with E-state index in [-0.39, 0.29) is 18.3 Å². The van der Waals surface area contributed by atoms with Crippen LogP contribution in [0.5, 0.6) is 11.5 Å². The zero-order valence-corrected chi connectivity index (χ0v) is 11.1. The molecule has 7 nitrogen and oxygen atoms in total. The van der Waals surface area contributed by atoms with Crippen LogP contribution in [-0.4, -0.2) is 49.7 Å². The molecule has 0 atom stereocenters. The summed E-state index contributed by atoms with van der Waals surface area (Å²) < 4.78 is 10.2. The Kier molecular flexibility index (Phi) is 4.99. The quantitative estimate of drug-likeness (QED) is 0.351. The third-order valence-electron chi connectivity index (χ3n) is 2.50. The minimum Gasteiger partial charge on any atom is -0.493 e. The highest BCUT2D eigenvalue weighted by Gasteiger charge is 2.15. The number of benzene rings is 1. The maximum Gasteiger partial charge on any atom is 0.254 e. The molecule has 0 aromatic heterocycles. The number of likely N-dealkylation sites (N-methyl/N-ethyl adjacent to an activating group) is 1. The Balaban J connectivity index is 2.93. The van der Waals surface area contributed by atoms with E-state index >= 15 is 0 Å². The maximum absolute atomic E-state index is 12.1. The molecule has 0 saturated heterocycles. The van der Waals surface area contributed by atoms with Gasteiger partial charge in [-0.2, -0.15) is 0 Å². The maximum atomic E-state index is 12.1. The fraction of sp³-hybridized carbons (Fsp3) is 0.333. The zero-order chi connectivity index (χ0) is 14.4. The first-order chi connectivity index (χ1) is 9.03. The third kappa shape index (κ3) is 3.51. The van der Waals surface area contributed by atoms with Crippen molar-refractivity contribution >= 4 is 11.7 Å². The van der Waals surface area contributed by atoms with E-state index in [1.54, 1.807) is 25.2 Å².